The Morgan fingerprint density at radius 2 is 2.12 bits per heavy atom. The molecule has 0 spiro atoms. The Balaban J connectivity index is 2.07. The van der Waals surface area contributed by atoms with Gasteiger partial charge in [-0.1, -0.05) is 25.1 Å². The lowest BCUT2D eigenvalue weighted by Gasteiger charge is -2.27. The number of para-hydroxylation sites is 1. The number of methoxy groups -OCH3 is 1. The number of benzene rings is 1. The van der Waals surface area contributed by atoms with Crippen molar-refractivity contribution in [3.8, 4) is 5.75 Å². The van der Waals surface area contributed by atoms with E-state index in [-0.39, 0.29) is 0 Å². The zero-order chi connectivity index (χ0) is 12.1. The molecule has 0 radical (unpaired) electrons. The zero-order valence-corrected chi connectivity index (χ0v) is 10.2. The highest BCUT2D eigenvalue weighted by molar-refractivity contribution is 5.21. The van der Waals surface area contributed by atoms with Crippen molar-refractivity contribution in [1.82, 2.24) is 0 Å². The summed E-state index contributed by atoms with van der Waals surface area (Å²) in [6, 6.07) is 9.61. The van der Waals surface area contributed by atoms with Gasteiger partial charge in [-0.05, 0) is 18.6 Å². The van der Waals surface area contributed by atoms with Crippen LogP contribution in [0.5, 0.6) is 5.75 Å². The molecule has 1 aliphatic heterocycles. The van der Waals surface area contributed by atoms with Gasteiger partial charge in [0.2, 0.25) is 5.79 Å². The number of hydrogen-bond acceptors (Lipinski definition) is 4. The minimum Gasteiger partial charge on any atom is -0.460 e. The Hall–Kier alpha value is -1.10. The summed E-state index contributed by atoms with van der Waals surface area (Å²) in [6.07, 6.45) is 1.72. The fourth-order valence-electron chi connectivity index (χ4n) is 1.87. The largest absolute Gasteiger partial charge is 0.460 e. The fraction of sp³-hybridized carbons (Fsp3) is 0.538. The maximum absolute atomic E-state index is 5.91. The van der Waals surface area contributed by atoms with Crippen molar-refractivity contribution in [3.05, 3.63) is 30.3 Å². The van der Waals surface area contributed by atoms with Crippen LogP contribution >= 0.6 is 0 Å². The molecule has 1 saturated heterocycles. The van der Waals surface area contributed by atoms with Crippen LogP contribution in [0, 0.1) is 0 Å². The van der Waals surface area contributed by atoms with E-state index in [2.05, 4.69) is 6.92 Å². The van der Waals surface area contributed by atoms with E-state index in [1.807, 2.05) is 30.3 Å². The minimum atomic E-state index is -0.725. The number of rotatable bonds is 5. The lowest BCUT2D eigenvalue weighted by atomic mass is 10.1. The van der Waals surface area contributed by atoms with Crippen molar-refractivity contribution in [1.29, 1.82) is 0 Å². The van der Waals surface area contributed by atoms with E-state index in [0.29, 0.717) is 6.61 Å². The second-order valence-electron chi connectivity index (χ2n) is 4.03. The highest BCUT2D eigenvalue weighted by Crippen LogP contribution is 2.31. The average molecular weight is 238 g/mol. The van der Waals surface area contributed by atoms with Crippen molar-refractivity contribution < 1.29 is 18.9 Å². The van der Waals surface area contributed by atoms with Gasteiger partial charge in [-0.25, -0.2) is 0 Å². The molecular weight excluding hydrogens is 220 g/mol. The van der Waals surface area contributed by atoms with Crippen molar-refractivity contribution in [2.45, 2.75) is 32.0 Å². The van der Waals surface area contributed by atoms with Crippen LogP contribution in [-0.4, -0.2) is 26.0 Å². The van der Waals surface area contributed by atoms with Crippen LogP contribution in [0.25, 0.3) is 0 Å². The first-order valence-electron chi connectivity index (χ1n) is 5.84. The van der Waals surface area contributed by atoms with Gasteiger partial charge in [-0.3, -0.25) is 4.74 Å². The van der Waals surface area contributed by atoms with Gasteiger partial charge in [0, 0.05) is 13.5 Å². The lowest BCUT2D eigenvalue weighted by molar-refractivity contribution is -0.268. The summed E-state index contributed by atoms with van der Waals surface area (Å²) in [6.45, 7) is 1.83. The summed E-state index contributed by atoms with van der Waals surface area (Å²) in [7, 11) is 1.55. The van der Waals surface area contributed by atoms with Gasteiger partial charge in [0.25, 0.3) is 6.48 Å². The third kappa shape index (κ3) is 2.97. The van der Waals surface area contributed by atoms with Crippen LogP contribution < -0.4 is 4.74 Å². The second kappa shape index (κ2) is 5.49. The molecule has 4 nitrogen and oxygen atoms in total. The maximum atomic E-state index is 5.91. The molecule has 2 atom stereocenters. The Morgan fingerprint density at radius 3 is 2.71 bits per heavy atom. The summed E-state index contributed by atoms with van der Waals surface area (Å²) in [5.74, 6) is 0.0536. The molecule has 1 aromatic carbocycles. The molecule has 1 aliphatic rings. The van der Waals surface area contributed by atoms with Crippen LogP contribution in [0.2, 0.25) is 0 Å². The SMILES string of the molecule is CCCC1(Oc2ccccc2)COC(OC)O1. The van der Waals surface area contributed by atoms with E-state index in [4.69, 9.17) is 18.9 Å². The molecule has 17 heavy (non-hydrogen) atoms. The fourth-order valence-corrected chi connectivity index (χ4v) is 1.87. The van der Waals surface area contributed by atoms with Gasteiger partial charge in [0.1, 0.15) is 12.4 Å². The smallest absolute Gasteiger partial charge is 0.274 e. The third-order valence-corrected chi connectivity index (χ3v) is 2.62. The van der Waals surface area contributed by atoms with Gasteiger partial charge in [-0.15, -0.1) is 0 Å². The quantitative estimate of drug-likeness (QED) is 0.790. The van der Waals surface area contributed by atoms with Crippen molar-refractivity contribution in [3.63, 3.8) is 0 Å². The average Bonchev–Trinajstić information content (AvgIpc) is 2.74. The molecule has 1 aromatic rings. The highest BCUT2D eigenvalue weighted by atomic mass is 16.9. The molecule has 0 N–H and O–H groups in total. The first-order chi connectivity index (χ1) is 8.28. The van der Waals surface area contributed by atoms with E-state index in [1.54, 1.807) is 7.11 Å². The van der Waals surface area contributed by atoms with Crippen molar-refractivity contribution in [2.75, 3.05) is 13.7 Å². The topological polar surface area (TPSA) is 36.9 Å². The van der Waals surface area contributed by atoms with Crippen LogP contribution in [0.4, 0.5) is 0 Å². The summed E-state index contributed by atoms with van der Waals surface area (Å²) >= 11 is 0. The van der Waals surface area contributed by atoms with Crippen molar-refractivity contribution >= 4 is 0 Å². The van der Waals surface area contributed by atoms with Gasteiger partial charge >= 0.3 is 0 Å². The normalized spacial score (nSPS) is 28.2. The van der Waals surface area contributed by atoms with E-state index >= 15 is 0 Å². The maximum Gasteiger partial charge on any atom is 0.274 e. The van der Waals surface area contributed by atoms with E-state index < -0.39 is 12.3 Å². The molecule has 0 aliphatic carbocycles. The number of hydrogen-bond donors (Lipinski definition) is 0. The molecule has 0 saturated carbocycles. The Kier molecular flexibility index (Phi) is 3.99. The van der Waals surface area contributed by atoms with Crippen LogP contribution in [-0.2, 0) is 14.2 Å². The molecule has 0 aromatic heterocycles. The molecule has 2 unspecified atom stereocenters. The summed E-state index contributed by atoms with van der Waals surface area (Å²) in [5.41, 5.74) is 0. The van der Waals surface area contributed by atoms with Gasteiger partial charge in [-0.2, -0.15) is 0 Å². The second-order valence-corrected chi connectivity index (χ2v) is 4.03. The Labute approximate surface area is 101 Å². The first-order valence-corrected chi connectivity index (χ1v) is 5.84. The highest BCUT2D eigenvalue weighted by Gasteiger charge is 2.43. The van der Waals surface area contributed by atoms with Gasteiger partial charge in [0.15, 0.2) is 0 Å². The molecule has 2 rings (SSSR count). The monoisotopic (exact) mass is 238 g/mol. The van der Waals surface area contributed by atoms with Gasteiger partial charge in [0.05, 0.1) is 0 Å². The van der Waals surface area contributed by atoms with Crippen LogP contribution in [0.3, 0.4) is 0 Å². The molecule has 94 valence electrons. The zero-order valence-electron chi connectivity index (χ0n) is 10.2. The molecule has 1 fully saturated rings. The molecule has 0 amide bonds. The van der Waals surface area contributed by atoms with E-state index in [0.717, 1.165) is 18.6 Å². The number of ether oxygens (including phenoxy) is 4. The lowest BCUT2D eigenvalue weighted by Crippen LogP contribution is -2.39. The van der Waals surface area contributed by atoms with Crippen molar-refractivity contribution in [2.24, 2.45) is 0 Å². The standard InChI is InChI=1S/C13H18O4/c1-3-9-13(10-15-12(14-2)17-13)16-11-7-5-4-6-8-11/h4-8,12H,3,9-10H2,1-2H3. The van der Waals surface area contributed by atoms with E-state index in [9.17, 15) is 0 Å². The predicted octanol–water partition coefficient (Wildman–Crippen LogP) is 2.54. The summed E-state index contributed by atoms with van der Waals surface area (Å²) in [5, 5.41) is 0. The van der Waals surface area contributed by atoms with Crippen LogP contribution in [0.15, 0.2) is 30.3 Å². The molecule has 1 heterocycles. The van der Waals surface area contributed by atoms with Crippen LogP contribution in [0.1, 0.15) is 19.8 Å². The molecular formula is C13H18O4. The molecule has 4 heteroatoms. The Morgan fingerprint density at radius 1 is 1.35 bits per heavy atom. The Bertz CT molecular complexity index is 341. The van der Waals surface area contributed by atoms with Gasteiger partial charge < -0.3 is 14.2 Å². The van der Waals surface area contributed by atoms with E-state index in [1.165, 1.54) is 0 Å². The molecule has 0 bridgehead atoms. The predicted molar refractivity (Wildman–Crippen MR) is 62.5 cm³/mol. The summed E-state index contributed by atoms with van der Waals surface area (Å²) < 4.78 is 22.0. The first kappa shape index (κ1) is 12.4. The summed E-state index contributed by atoms with van der Waals surface area (Å²) in [4.78, 5) is 0. The third-order valence-electron chi connectivity index (χ3n) is 2.62. The minimum absolute atomic E-state index is 0.383.